The Morgan fingerprint density at radius 1 is 0.266 bits per heavy atom. The average Bonchev–Trinajstić information content (AvgIpc) is 3.89. The first-order chi connectivity index (χ1) is 31.7. The maximum Gasteiger partial charge on any atom is 0.166 e. The Labute approximate surface area is 368 Å². The summed E-state index contributed by atoms with van der Waals surface area (Å²) in [5, 5.41) is 9.58. The van der Waals surface area contributed by atoms with Crippen LogP contribution in [0.4, 0.5) is 0 Å². The van der Waals surface area contributed by atoms with Gasteiger partial charge in [-0.05, 0) is 81.2 Å². The van der Waals surface area contributed by atoms with Crippen molar-refractivity contribution in [3.05, 3.63) is 224 Å². The van der Waals surface area contributed by atoms with Crippen LogP contribution in [0.25, 0.3) is 122 Å². The topological polar surface area (TPSA) is 48.5 Å². The van der Waals surface area contributed by atoms with Crippen LogP contribution in [-0.4, -0.2) is 24.1 Å². The van der Waals surface area contributed by atoms with Crippen molar-refractivity contribution >= 4 is 65.2 Å². The Morgan fingerprint density at radius 2 is 0.766 bits per heavy atom. The summed E-state index contributed by atoms with van der Waals surface area (Å²) >= 11 is 0. The van der Waals surface area contributed by atoms with Crippen LogP contribution < -0.4 is 0 Å². The fourth-order valence-electron chi connectivity index (χ4n) is 9.77. The number of hydrogen-bond donors (Lipinski definition) is 0. The van der Waals surface area contributed by atoms with Crippen molar-refractivity contribution < 1.29 is 0 Å². The predicted octanol–water partition coefficient (Wildman–Crippen LogP) is 15.0. The first kappa shape index (κ1) is 36.0. The van der Waals surface area contributed by atoms with Crippen LogP contribution in [0.3, 0.4) is 0 Å². The molecule has 13 rings (SSSR count). The fourth-order valence-corrected chi connectivity index (χ4v) is 9.77. The zero-order valence-corrected chi connectivity index (χ0v) is 34.6. The van der Waals surface area contributed by atoms with Crippen LogP contribution in [0, 0.1) is 0 Å². The molecule has 0 amide bonds. The highest BCUT2D eigenvalue weighted by Crippen LogP contribution is 2.41. The molecule has 0 fully saturated rings. The van der Waals surface area contributed by atoms with E-state index >= 15 is 0 Å². The van der Waals surface area contributed by atoms with Crippen LogP contribution in [0.1, 0.15) is 0 Å². The zero-order chi connectivity index (χ0) is 42.1. The lowest BCUT2D eigenvalue weighted by Crippen LogP contribution is -2.04. The molecule has 0 aliphatic heterocycles. The second-order valence-electron chi connectivity index (χ2n) is 16.4. The molecule has 0 saturated heterocycles. The Hall–Kier alpha value is -8.67. The quantitative estimate of drug-likeness (QED) is 0.157. The molecule has 13 aromatic rings. The van der Waals surface area contributed by atoms with Crippen LogP contribution in [0.5, 0.6) is 0 Å². The van der Waals surface area contributed by atoms with Crippen LogP contribution in [-0.2, 0) is 0 Å². The third-order valence-corrected chi connectivity index (χ3v) is 12.8. The predicted molar refractivity (Wildman–Crippen MR) is 265 cm³/mol. The molecule has 0 saturated carbocycles. The minimum atomic E-state index is 0.599. The normalized spacial score (nSPS) is 11.8. The third-order valence-electron chi connectivity index (χ3n) is 12.8. The summed E-state index contributed by atoms with van der Waals surface area (Å²) in [5.74, 6) is 1.84. The van der Waals surface area contributed by atoms with Gasteiger partial charge in [0.2, 0.25) is 0 Å². The van der Waals surface area contributed by atoms with E-state index in [4.69, 9.17) is 15.0 Å². The molecule has 0 atom stereocenters. The second kappa shape index (κ2) is 14.5. The van der Waals surface area contributed by atoms with Crippen LogP contribution in [0.15, 0.2) is 224 Å². The van der Waals surface area contributed by atoms with E-state index in [9.17, 15) is 0 Å². The van der Waals surface area contributed by atoms with E-state index in [2.05, 4.69) is 215 Å². The van der Waals surface area contributed by atoms with Crippen molar-refractivity contribution in [3.63, 3.8) is 0 Å². The van der Waals surface area contributed by atoms with Gasteiger partial charge in [0.1, 0.15) is 0 Å². The van der Waals surface area contributed by atoms with Gasteiger partial charge in [0.15, 0.2) is 17.5 Å². The Morgan fingerprint density at radius 3 is 1.47 bits per heavy atom. The number of para-hydroxylation sites is 3. The summed E-state index contributed by atoms with van der Waals surface area (Å²) in [7, 11) is 0. The molecule has 0 aliphatic rings. The standard InChI is InChI=1S/C59H37N5/c1-3-15-38(16-4-1)41-29-33-51(59-61-57(40-18-5-2-6-19-40)60-58(62-59)43-30-32-46-42(35-43)28-27-39-17-7-8-20-45(39)46)55(36-41)64-54-26-14-11-23-49(54)50-34-31-44(37-56(50)64)63-52-24-12-9-21-47(52)48-22-10-13-25-53(48)63/h1-37H. The molecule has 3 aromatic heterocycles. The van der Waals surface area contributed by atoms with Gasteiger partial charge in [0.25, 0.3) is 0 Å². The fraction of sp³-hybridized carbons (Fsp3) is 0. The molecule has 0 unspecified atom stereocenters. The minimum absolute atomic E-state index is 0.599. The van der Waals surface area contributed by atoms with Gasteiger partial charge in [-0.1, -0.05) is 176 Å². The van der Waals surface area contributed by atoms with Crippen molar-refractivity contribution in [2.24, 2.45) is 0 Å². The third kappa shape index (κ3) is 5.75. The van der Waals surface area contributed by atoms with Gasteiger partial charge < -0.3 is 9.13 Å². The van der Waals surface area contributed by atoms with Crippen molar-refractivity contribution in [3.8, 4) is 56.7 Å². The second-order valence-corrected chi connectivity index (χ2v) is 16.4. The van der Waals surface area contributed by atoms with Crippen LogP contribution in [0.2, 0.25) is 0 Å². The van der Waals surface area contributed by atoms with Crippen molar-refractivity contribution in [2.45, 2.75) is 0 Å². The van der Waals surface area contributed by atoms with Gasteiger partial charge in [-0.25, -0.2) is 15.0 Å². The van der Waals surface area contributed by atoms with Crippen molar-refractivity contribution in [1.82, 2.24) is 24.1 Å². The Balaban J connectivity index is 1.09. The number of hydrogen-bond acceptors (Lipinski definition) is 3. The van der Waals surface area contributed by atoms with E-state index in [0.29, 0.717) is 17.5 Å². The smallest absolute Gasteiger partial charge is 0.166 e. The molecule has 0 spiro atoms. The first-order valence-electron chi connectivity index (χ1n) is 21.7. The van der Waals surface area contributed by atoms with Crippen LogP contribution >= 0.6 is 0 Å². The van der Waals surface area contributed by atoms with E-state index in [-0.39, 0.29) is 0 Å². The highest BCUT2D eigenvalue weighted by Gasteiger charge is 2.22. The molecule has 0 radical (unpaired) electrons. The first-order valence-corrected chi connectivity index (χ1v) is 21.7. The van der Waals surface area contributed by atoms with Gasteiger partial charge in [-0.15, -0.1) is 0 Å². The molecule has 3 heterocycles. The highest BCUT2D eigenvalue weighted by molar-refractivity contribution is 6.13. The summed E-state index contributed by atoms with van der Waals surface area (Å²) < 4.78 is 4.81. The number of rotatable bonds is 6. The van der Waals surface area contributed by atoms with E-state index < -0.39 is 0 Å². The van der Waals surface area contributed by atoms with E-state index in [1.165, 1.54) is 48.7 Å². The van der Waals surface area contributed by atoms with E-state index in [0.717, 1.165) is 55.6 Å². The molecule has 0 N–H and O–H groups in total. The van der Waals surface area contributed by atoms with E-state index in [1.807, 2.05) is 18.2 Å². The van der Waals surface area contributed by atoms with E-state index in [1.54, 1.807) is 0 Å². The molecule has 5 nitrogen and oxygen atoms in total. The average molecular weight is 816 g/mol. The molecule has 64 heavy (non-hydrogen) atoms. The Kier molecular flexibility index (Phi) is 8.15. The molecule has 10 aromatic carbocycles. The van der Waals surface area contributed by atoms with Crippen molar-refractivity contribution in [1.29, 1.82) is 0 Å². The van der Waals surface area contributed by atoms with Gasteiger partial charge in [-0.3, -0.25) is 0 Å². The number of nitrogens with zero attached hydrogens (tertiary/aromatic N) is 5. The molecule has 5 heteroatoms. The minimum Gasteiger partial charge on any atom is -0.309 e. The summed E-state index contributed by atoms with van der Waals surface area (Å²) in [5.41, 5.74) is 11.6. The summed E-state index contributed by atoms with van der Waals surface area (Å²) in [6.07, 6.45) is 0. The molecular formula is C59H37N5. The number of aromatic nitrogens is 5. The molecule has 0 bridgehead atoms. The maximum atomic E-state index is 5.39. The molecular weight excluding hydrogens is 779 g/mol. The summed E-state index contributed by atoms with van der Waals surface area (Å²) in [6, 6.07) is 80.0. The van der Waals surface area contributed by atoms with Crippen molar-refractivity contribution in [2.75, 3.05) is 0 Å². The lowest BCUT2D eigenvalue weighted by atomic mass is 10.00. The van der Waals surface area contributed by atoms with Gasteiger partial charge in [0.05, 0.1) is 27.8 Å². The van der Waals surface area contributed by atoms with Gasteiger partial charge in [0, 0.05) is 43.9 Å². The Bertz CT molecular complexity index is 3900. The highest BCUT2D eigenvalue weighted by atomic mass is 15.1. The van der Waals surface area contributed by atoms with Gasteiger partial charge >= 0.3 is 0 Å². The number of fused-ring (bicyclic) bond motifs is 9. The SMILES string of the molecule is c1ccc(-c2ccc(-c3nc(-c4ccccc4)nc(-c4ccc5c(ccc6ccccc65)c4)n3)c(-n3c4ccccc4c4ccc(-n5c6ccccc6c6ccccc65)cc43)c2)cc1. The largest absolute Gasteiger partial charge is 0.309 e. The number of benzene rings is 10. The lowest BCUT2D eigenvalue weighted by Gasteiger charge is -2.17. The van der Waals surface area contributed by atoms with Gasteiger partial charge in [-0.2, -0.15) is 0 Å². The summed E-state index contributed by atoms with van der Waals surface area (Å²) in [6.45, 7) is 0. The maximum absolute atomic E-state index is 5.39. The lowest BCUT2D eigenvalue weighted by molar-refractivity contribution is 1.06. The molecule has 298 valence electrons. The monoisotopic (exact) mass is 815 g/mol. The zero-order valence-electron chi connectivity index (χ0n) is 34.6. The molecule has 0 aliphatic carbocycles. The summed E-state index contributed by atoms with van der Waals surface area (Å²) in [4.78, 5) is 15.9.